The molecule has 2 fully saturated rings. The van der Waals surface area contributed by atoms with Gasteiger partial charge >= 0.3 is 0 Å². The summed E-state index contributed by atoms with van der Waals surface area (Å²) in [5.74, 6) is 1.11. The van der Waals surface area contributed by atoms with Crippen LogP contribution in [0.2, 0.25) is 0 Å². The van der Waals surface area contributed by atoms with E-state index in [-0.39, 0.29) is 11.9 Å². The van der Waals surface area contributed by atoms with Crippen molar-refractivity contribution < 1.29 is 4.79 Å². The summed E-state index contributed by atoms with van der Waals surface area (Å²) in [5, 5.41) is 6.77. The van der Waals surface area contributed by atoms with Crippen molar-refractivity contribution in [1.29, 1.82) is 0 Å². The van der Waals surface area contributed by atoms with Gasteiger partial charge in [-0.05, 0) is 19.8 Å². The minimum absolute atomic E-state index is 0.00928. The van der Waals surface area contributed by atoms with Gasteiger partial charge in [0.25, 0.3) is 0 Å². The molecule has 1 N–H and O–H groups in total. The Balaban J connectivity index is 1.53. The van der Waals surface area contributed by atoms with E-state index in [0.29, 0.717) is 0 Å². The van der Waals surface area contributed by atoms with Gasteiger partial charge in [-0.3, -0.25) is 9.69 Å². The topological polar surface area (TPSA) is 68.4 Å². The van der Waals surface area contributed by atoms with Crippen molar-refractivity contribution in [2.24, 2.45) is 0 Å². The van der Waals surface area contributed by atoms with E-state index in [4.69, 9.17) is 0 Å². The third-order valence-corrected chi connectivity index (χ3v) is 4.34. The van der Waals surface area contributed by atoms with Gasteiger partial charge in [0.2, 0.25) is 11.9 Å². The quantitative estimate of drug-likeness (QED) is 0.839. The molecule has 1 aromatic heterocycles. The number of hydrogen-bond acceptors (Lipinski definition) is 5. The molecule has 1 aromatic rings. The number of amides is 1. The van der Waals surface area contributed by atoms with Crippen molar-refractivity contribution >= 4 is 11.9 Å². The molecular weight excluding hydrogens is 256 g/mol. The highest BCUT2D eigenvalue weighted by Gasteiger charge is 2.30. The zero-order chi connectivity index (χ0) is 13.9. The van der Waals surface area contributed by atoms with E-state index in [9.17, 15) is 4.79 Å². The third kappa shape index (κ3) is 2.63. The van der Waals surface area contributed by atoms with Crippen LogP contribution in [0, 0.1) is 0 Å². The number of hydrogen-bond donors (Lipinski definition) is 1. The first-order valence-corrected chi connectivity index (χ1v) is 7.39. The summed E-state index contributed by atoms with van der Waals surface area (Å²) in [4.78, 5) is 23.0. The van der Waals surface area contributed by atoms with Crippen molar-refractivity contribution in [2.75, 3.05) is 44.2 Å². The monoisotopic (exact) mass is 278 g/mol. The van der Waals surface area contributed by atoms with Crippen molar-refractivity contribution in [3.63, 3.8) is 0 Å². The average Bonchev–Trinajstić information content (AvgIpc) is 3.18. The maximum absolute atomic E-state index is 12.4. The first kappa shape index (κ1) is 13.4. The lowest BCUT2D eigenvalue weighted by molar-refractivity contribution is -0.135. The Hall–Kier alpha value is -1.63. The number of carbonyl (C=O) groups excluding carboxylic acids is 1. The summed E-state index contributed by atoms with van der Waals surface area (Å²) < 4.78 is 0. The van der Waals surface area contributed by atoms with Crippen molar-refractivity contribution in [2.45, 2.75) is 25.8 Å². The molecule has 3 heterocycles. The number of nitrogens with one attached hydrogen (secondary N) is 1. The lowest BCUT2D eigenvalue weighted by Crippen LogP contribution is -2.54. The second-order valence-corrected chi connectivity index (χ2v) is 5.54. The summed E-state index contributed by atoms with van der Waals surface area (Å²) in [7, 11) is 0. The van der Waals surface area contributed by atoms with Crippen LogP contribution < -0.4 is 4.90 Å². The van der Waals surface area contributed by atoms with Gasteiger partial charge in [-0.1, -0.05) is 0 Å². The summed E-state index contributed by atoms with van der Waals surface area (Å²) >= 11 is 0. The van der Waals surface area contributed by atoms with Crippen LogP contribution in [0.3, 0.4) is 0 Å². The predicted octanol–water partition coefficient (Wildman–Crippen LogP) is -0.0624. The zero-order valence-electron chi connectivity index (χ0n) is 12.0. The lowest BCUT2D eigenvalue weighted by Gasteiger charge is -2.38. The van der Waals surface area contributed by atoms with Gasteiger partial charge in [0, 0.05) is 39.3 Å². The van der Waals surface area contributed by atoms with Gasteiger partial charge in [-0.2, -0.15) is 10.1 Å². The molecule has 7 nitrogen and oxygen atoms in total. The van der Waals surface area contributed by atoms with E-state index >= 15 is 0 Å². The molecule has 2 aliphatic rings. The van der Waals surface area contributed by atoms with Crippen LogP contribution in [0.5, 0.6) is 0 Å². The Bertz CT molecular complexity index is 434. The van der Waals surface area contributed by atoms with Crippen molar-refractivity contribution in [1.82, 2.24) is 25.0 Å². The molecule has 20 heavy (non-hydrogen) atoms. The number of carbonyl (C=O) groups is 1. The number of rotatable bonds is 3. The van der Waals surface area contributed by atoms with Crippen molar-refractivity contribution in [3.05, 3.63) is 6.33 Å². The Morgan fingerprint density at radius 3 is 2.50 bits per heavy atom. The number of anilines is 1. The van der Waals surface area contributed by atoms with Crippen LogP contribution in [-0.2, 0) is 4.79 Å². The molecule has 0 spiro atoms. The fourth-order valence-electron chi connectivity index (χ4n) is 3.03. The largest absolute Gasteiger partial charge is 0.341 e. The number of likely N-dealkylation sites (tertiary alicyclic amines) is 1. The number of nitrogens with zero attached hydrogens (tertiary/aromatic N) is 5. The summed E-state index contributed by atoms with van der Waals surface area (Å²) in [6.45, 7) is 7.44. The Labute approximate surface area is 118 Å². The Morgan fingerprint density at radius 1 is 1.20 bits per heavy atom. The molecule has 2 saturated heterocycles. The maximum Gasteiger partial charge on any atom is 0.239 e. The number of H-pyrrole nitrogens is 1. The SMILES string of the molecule is C[C@H](C(=O)N1CCCC1)N1CCN(c2ncn[nH]2)CC1. The van der Waals surface area contributed by atoms with Gasteiger partial charge in [-0.15, -0.1) is 0 Å². The van der Waals surface area contributed by atoms with Gasteiger partial charge in [-0.25, -0.2) is 5.10 Å². The molecule has 3 rings (SSSR count). The zero-order valence-corrected chi connectivity index (χ0v) is 12.0. The molecule has 1 atom stereocenters. The van der Waals surface area contributed by atoms with E-state index in [2.05, 4.69) is 25.0 Å². The fourth-order valence-corrected chi connectivity index (χ4v) is 3.03. The third-order valence-electron chi connectivity index (χ3n) is 4.34. The summed E-state index contributed by atoms with van der Waals surface area (Å²) in [5.41, 5.74) is 0. The average molecular weight is 278 g/mol. The first-order chi connectivity index (χ1) is 9.75. The van der Waals surface area contributed by atoms with Crippen LogP contribution >= 0.6 is 0 Å². The smallest absolute Gasteiger partial charge is 0.239 e. The van der Waals surface area contributed by atoms with Crippen LogP contribution in [0.25, 0.3) is 0 Å². The molecule has 0 bridgehead atoms. The van der Waals surface area contributed by atoms with Gasteiger partial charge in [0.05, 0.1) is 6.04 Å². The molecule has 0 unspecified atom stereocenters. The molecule has 1 amide bonds. The number of aromatic amines is 1. The first-order valence-electron chi connectivity index (χ1n) is 7.39. The fraction of sp³-hybridized carbons (Fsp3) is 0.769. The molecule has 7 heteroatoms. The molecule has 0 saturated carbocycles. The summed E-state index contributed by atoms with van der Waals surface area (Å²) in [6.07, 6.45) is 3.83. The van der Waals surface area contributed by atoms with Crippen LogP contribution in [0.1, 0.15) is 19.8 Å². The minimum Gasteiger partial charge on any atom is -0.341 e. The highest BCUT2D eigenvalue weighted by molar-refractivity contribution is 5.81. The highest BCUT2D eigenvalue weighted by Crippen LogP contribution is 2.15. The Kier molecular flexibility index (Phi) is 3.86. The second-order valence-electron chi connectivity index (χ2n) is 5.54. The van der Waals surface area contributed by atoms with Crippen LogP contribution in [-0.4, -0.2) is 76.2 Å². The van der Waals surface area contributed by atoms with Gasteiger partial charge in [0.15, 0.2) is 0 Å². The van der Waals surface area contributed by atoms with Crippen molar-refractivity contribution in [3.8, 4) is 0 Å². The van der Waals surface area contributed by atoms with E-state index in [1.807, 2.05) is 11.8 Å². The number of piperazine rings is 1. The second kappa shape index (κ2) is 5.78. The molecule has 110 valence electrons. The lowest BCUT2D eigenvalue weighted by atomic mass is 10.2. The van der Waals surface area contributed by atoms with Gasteiger partial charge in [0.1, 0.15) is 6.33 Å². The van der Waals surface area contributed by atoms with Crippen LogP contribution in [0.4, 0.5) is 5.95 Å². The normalized spacial score (nSPS) is 22.2. The van der Waals surface area contributed by atoms with E-state index in [1.165, 1.54) is 6.33 Å². The molecule has 2 aliphatic heterocycles. The Morgan fingerprint density at radius 2 is 1.90 bits per heavy atom. The molecular formula is C13H22N6O. The molecule has 0 aromatic carbocycles. The van der Waals surface area contributed by atoms with E-state index < -0.39 is 0 Å². The predicted molar refractivity (Wildman–Crippen MR) is 75.4 cm³/mol. The summed E-state index contributed by atoms with van der Waals surface area (Å²) in [6, 6.07) is -0.00928. The molecule has 0 aliphatic carbocycles. The van der Waals surface area contributed by atoms with E-state index in [1.54, 1.807) is 0 Å². The molecule has 0 radical (unpaired) electrons. The van der Waals surface area contributed by atoms with E-state index in [0.717, 1.165) is 58.1 Å². The maximum atomic E-state index is 12.4. The van der Waals surface area contributed by atoms with Crippen LogP contribution in [0.15, 0.2) is 6.33 Å². The highest BCUT2D eigenvalue weighted by atomic mass is 16.2. The minimum atomic E-state index is -0.00928. The standard InChI is InChI=1S/C13H22N6O/c1-11(12(20)18-4-2-3-5-18)17-6-8-19(9-7-17)13-14-10-15-16-13/h10-11H,2-9H2,1H3,(H,14,15,16)/t11-/m1/s1. The van der Waals surface area contributed by atoms with Gasteiger partial charge < -0.3 is 9.80 Å². The number of aromatic nitrogens is 3.